The van der Waals surface area contributed by atoms with Crippen molar-refractivity contribution in [1.29, 1.82) is 0 Å². The van der Waals surface area contributed by atoms with Crippen molar-refractivity contribution >= 4 is 29.1 Å². The molecule has 3 amide bonds. The van der Waals surface area contributed by atoms with Crippen molar-refractivity contribution in [2.45, 2.75) is 65.0 Å². The molecule has 0 bridgehead atoms. The van der Waals surface area contributed by atoms with E-state index in [2.05, 4.69) is 11.9 Å². The first-order valence-corrected chi connectivity index (χ1v) is 14.5. The maximum Gasteiger partial charge on any atom is 0.272 e. The van der Waals surface area contributed by atoms with Crippen LogP contribution in [0.25, 0.3) is 0 Å². The van der Waals surface area contributed by atoms with E-state index in [1.807, 2.05) is 73.3 Å². The number of nitrogens with zero attached hydrogens (tertiary/aromatic N) is 2. The molecule has 212 valence electrons. The minimum atomic E-state index is -1.13. The van der Waals surface area contributed by atoms with Gasteiger partial charge in [-0.25, -0.2) is 4.99 Å². The number of carbonyl (C=O) groups is 3. The zero-order valence-corrected chi connectivity index (χ0v) is 23.7. The molecule has 1 unspecified atom stereocenters. The van der Waals surface area contributed by atoms with Gasteiger partial charge in [0.15, 0.2) is 0 Å². The van der Waals surface area contributed by atoms with Crippen LogP contribution in [0.4, 0.5) is 5.69 Å². The van der Waals surface area contributed by atoms with Gasteiger partial charge in [0.05, 0.1) is 23.2 Å². The first-order chi connectivity index (χ1) is 19.3. The van der Waals surface area contributed by atoms with Crippen molar-refractivity contribution in [2.75, 3.05) is 11.4 Å². The largest absolute Gasteiger partial charge is 0.369 e. The van der Waals surface area contributed by atoms with Crippen LogP contribution in [0.1, 0.15) is 69.9 Å². The number of hydrogen-bond donors (Lipinski definition) is 2. The highest BCUT2D eigenvalue weighted by Gasteiger charge is 2.38. The molecule has 1 aliphatic heterocycles. The lowest BCUT2D eigenvalue weighted by atomic mass is 9.82. The summed E-state index contributed by atoms with van der Waals surface area (Å²) in [5.41, 5.74) is 8.91. The Morgan fingerprint density at radius 3 is 2.38 bits per heavy atom. The Bertz CT molecular complexity index is 1230. The van der Waals surface area contributed by atoms with E-state index >= 15 is 0 Å². The summed E-state index contributed by atoms with van der Waals surface area (Å²) in [6, 6.07) is 17.6. The summed E-state index contributed by atoms with van der Waals surface area (Å²) in [4.78, 5) is 47.2. The maximum absolute atomic E-state index is 14.3. The Balaban J connectivity index is 1.76. The number of rotatable bonds is 11. The number of aliphatic imine (C=N–C) groups is 1. The van der Waals surface area contributed by atoms with Crippen molar-refractivity contribution < 1.29 is 14.4 Å². The number of nitrogens with one attached hydrogen (secondary N) is 1. The summed E-state index contributed by atoms with van der Waals surface area (Å²) in [5, 5.41) is 2.95. The van der Waals surface area contributed by atoms with Gasteiger partial charge in [-0.2, -0.15) is 0 Å². The Hall–Kier alpha value is -3.74. The molecule has 3 atom stereocenters. The van der Waals surface area contributed by atoms with Crippen molar-refractivity contribution in [2.24, 2.45) is 34.4 Å². The highest BCUT2D eigenvalue weighted by atomic mass is 16.2. The number of primary amides is 1. The lowest BCUT2D eigenvalue weighted by Gasteiger charge is -2.32. The summed E-state index contributed by atoms with van der Waals surface area (Å²) in [6.45, 7) is 8.33. The summed E-state index contributed by atoms with van der Waals surface area (Å²) < 4.78 is 0. The number of allylic oxidation sites excluding steroid dienone is 1. The normalized spacial score (nSPS) is 19.3. The van der Waals surface area contributed by atoms with Crippen LogP contribution in [-0.4, -0.2) is 36.1 Å². The smallest absolute Gasteiger partial charge is 0.272 e. The second-order valence-electron chi connectivity index (χ2n) is 11.5. The molecule has 0 radical (unpaired) electrons. The second kappa shape index (κ2) is 13.6. The molecule has 0 saturated heterocycles. The summed E-state index contributed by atoms with van der Waals surface area (Å²) in [6.07, 6.45) is 6.92. The predicted molar refractivity (Wildman–Crippen MR) is 160 cm³/mol. The molecule has 1 aliphatic carbocycles. The molecule has 2 aliphatic rings. The molecule has 1 fully saturated rings. The van der Waals surface area contributed by atoms with Crippen LogP contribution in [0.15, 0.2) is 72.2 Å². The predicted octanol–water partition coefficient (Wildman–Crippen LogP) is 5.23. The first-order valence-electron chi connectivity index (χ1n) is 14.5. The van der Waals surface area contributed by atoms with Crippen LogP contribution >= 0.6 is 0 Å². The van der Waals surface area contributed by atoms with Crippen molar-refractivity contribution in [1.82, 2.24) is 5.32 Å². The van der Waals surface area contributed by atoms with Crippen molar-refractivity contribution in [3.8, 4) is 0 Å². The number of benzene rings is 2. The Morgan fingerprint density at radius 1 is 1.05 bits per heavy atom. The average molecular weight is 543 g/mol. The van der Waals surface area contributed by atoms with E-state index in [4.69, 9.17) is 10.7 Å². The fourth-order valence-corrected chi connectivity index (χ4v) is 6.03. The van der Waals surface area contributed by atoms with Gasteiger partial charge in [-0.05, 0) is 43.6 Å². The van der Waals surface area contributed by atoms with Crippen LogP contribution < -0.4 is 16.0 Å². The zero-order valence-electron chi connectivity index (χ0n) is 23.7. The molecule has 40 heavy (non-hydrogen) atoms. The molecular formula is C33H42N4O3. The van der Waals surface area contributed by atoms with E-state index in [0.29, 0.717) is 24.6 Å². The second-order valence-corrected chi connectivity index (χ2v) is 11.5. The van der Waals surface area contributed by atoms with Crippen LogP contribution in [0.3, 0.4) is 0 Å². The fourth-order valence-electron chi connectivity index (χ4n) is 6.03. The van der Waals surface area contributed by atoms with E-state index in [-0.39, 0.29) is 18.2 Å². The zero-order chi connectivity index (χ0) is 28.6. The number of fused-ring (bicyclic) bond motifs is 1. The van der Waals surface area contributed by atoms with Gasteiger partial charge in [-0.15, -0.1) is 6.58 Å². The van der Waals surface area contributed by atoms with Gasteiger partial charge < -0.3 is 16.0 Å². The van der Waals surface area contributed by atoms with Gasteiger partial charge in [0, 0.05) is 17.7 Å². The van der Waals surface area contributed by atoms with Crippen LogP contribution in [0.5, 0.6) is 0 Å². The summed E-state index contributed by atoms with van der Waals surface area (Å²) in [7, 11) is 0. The highest BCUT2D eigenvalue weighted by molar-refractivity contribution is 6.20. The number of carbonyl (C=O) groups excluding carboxylic acids is 3. The van der Waals surface area contributed by atoms with E-state index < -0.39 is 29.8 Å². The average Bonchev–Trinajstić information content (AvgIpc) is 3.06. The number of anilines is 1. The van der Waals surface area contributed by atoms with E-state index in [1.165, 1.54) is 6.42 Å². The van der Waals surface area contributed by atoms with Crippen LogP contribution in [0, 0.1) is 23.7 Å². The number of hydrogen-bond acceptors (Lipinski definition) is 4. The molecule has 0 spiro atoms. The van der Waals surface area contributed by atoms with Crippen LogP contribution in [-0.2, 0) is 14.4 Å². The molecule has 1 heterocycles. The highest BCUT2D eigenvalue weighted by Crippen LogP contribution is 2.32. The molecule has 2 aromatic rings. The number of nitrogens with two attached hydrogens (primary N) is 1. The molecule has 3 N–H and O–H groups in total. The molecule has 2 aromatic carbocycles. The van der Waals surface area contributed by atoms with E-state index in [9.17, 15) is 14.4 Å². The van der Waals surface area contributed by atoms with Crippen LogP contribution in [0.2, 0.25) is 0 Å². The molecular weight excluding hydrogens is 500 g/mol. The number of para-hydroxylation sites is 1. The minimum Gasteiger partial charge on any atom is -0.369 e. The van der Waals surface area contributed by atoms with Crippen molar-refractivity contribution in [3.05, 3.63) is 78.4 Å². The molecule has 7 heteroatoms. The topological polar surface area (TPSA) is 105 Å². The van der Waals surface area contributed by atoms with Gasteiger partial charge >= 0.3 is 0 Å². The number of benzodiazepines with no additional fused rings is 1. The third-order valence-corrected chi connectivity index (χ3v) is 8.03. The summed E-state index contributed by atoms with van der Waals surface area (Å²) in [5.74, 6) is -2.08. The minimum absolute atomic E-state index is 0.141. The number of amides is 3. The third-order valence-electron chi connectivity index (χ3n) is 8.03. The van der Waals surface area contributed by atoms with E-state index in [1.54, 1.807) is 6.08 Å². The monoisotopic (exact) mass is 542 g/mol. The van der Waals surface area contributed by atoms with E-state index in [0.717, 1.165) is 42.5 Å². The van der Waals surface area contributed by atoms with Crippen molar-refractivity contribution in [3.63, 3.8) is 0 Å². The molecule has 0 aromatic heterocycles. The lowest BCUT2D eigenvalue weighted by Crippen LogP contribution is -2.51. The van der Waals surface area contributed by atoms with Gasteiger partial charge in [-0.3, -0.25) is 14.4 Å². The van der Waals surface area contributed by atoms with Gasteiger partial charge in [0.1, 0.15) is 0 Å². The third kappa shape index (κ3) is 6.87. The molecule has 7 nitrogen and oxygen atoms in total. The standard InChI is InChI=1S/C33H42N4O3/c1-4-13-25(30(34)38)27(20-22(2)3)32(39)36-31-33(40)37(21-23-14-7-5-8-15-23)28-19-12-11-18-26(28)29(35-31)24-16-9-6-10-17-24/h4,6,9-12,16-19,22-23,25,27,31H,1,5,7-8,13-15,20-21H2,2-3H3,(H2,34,38)(H,36,39)/t25-,27+,31?/m0/s1. The Morgan fingerprint density at radius 2 is 1.73 bits per heavy atom. The molecule has 4 rings (SSSR count). The molecule has 1 saturated carbocycles. The SMILES string of the molecule is C=CC[C@H](C(N)=O)[C@@H](CC(C)C)C(=O)NC1N=C(c2ccccc2)c2ccccc2N(CC2CCCCC2)C1=O. The maximum atomic E-state index is 14.3. The Labute approximate surface area is 237 Å². The fraction of sp³-hybridized carbons (Fsp3) is 0.455. The summed E-state index contributed by atoms with van der Waals surface area (Å²) >= 11 is 0. The van der Waals surface area contributed by atoms with Gasteiger partial charge in [-0.1, -0.05) is 87.7 Å². The van der Waals surface area contributed by atoms with Gasteiger partial charge in [0.25, 0.3) is 5.91 Å². The Kier molecular flexibility index (Phi) is 9.91. The first kappa shape index (κ1) is 29.2. The quantitative estimate of drug-likeness (QED) is 0.380. The lowest BCUT2D eigenvalue weighted by molar-refractivity contribution is -0.135. The van der Waals surface area contributed by atoms with Gasteiger partial charge in [0.2, 0.25) is 18.0 Å².